The van der Waals surface area contributed by atoms with Crippen molar-refractivity contribution < 1.29 is 13.6 Å². The Morgan fingerprint density at radius 2 is 1.87 bits per heavy atom. The minimum absolute atomic E-state index is 0.00643. The number of anilines is 1. The molecule has 4 rings (SSSR count). The van der Waals surface area contributed by atoms with Crippen LogP contribution in [0.1, 0.15) is 15.9 Å². The number of hydrogen-bond acceptors (Lipinski definition) is 4. The maximum atomic E-state index is 13.2. The predicted molar refractivity (Wildman–Crippen MR) is 124 cm³/mol. The number of carbonyl (C=O) groups is 1. The number of halogens is 3. The first-order valence-electron chi connectivity index (χ1n) is 9.04. The van der Waals surface area contributed by atoms with Crippen LogP contribution in [0.3, 0.4) is 0 Å². The molecule has 1 amide bonds. The fourth-order valence-electron chi connectivity index (χ4n) is 2.86. The van der Waals surface area contributed by atoms with E-state index in [1.54, 1.807) is 24.3 Å². The fourth-order valence-corrected chi connectivity index (χ4v) is 3.51. The van der Waals surface area contributed by atoms with Gasteiger partial charge in [0, 0.05) is 16.3 Å². The third-order valence-corrected chi connectivity index (χ3v) is 5.39. The van der Waals surface area contributed by atoms with Gasteiger partial charge in [0.05, 0.1) is 10.6 Å². The van der Waals surface area contributed by atoms with Gasteiger partial charge in [0.15, 0.2) is 10.7 Å². The molecule has 0 saturated carbocycles. The van der Waals surface area contributed by atoms with Crippen LogP contribution in [-0.2, 0) is 0 Å². The van der Waals surface area contributed by atoms with Gasteiger partial charge in [-0.05, 0) is 73.2 Å². The van der Waals surface area contributed by atoms with Crippen molar-refractivity contribution >= 4 is 63.2 Å². The third-order valence-electron chi connectivity index (χ3n) is 4.47. The summed E-state index contributed by atoms with van der Waals surface area (Å²) in [6.45, 7) is 1.92. The van der Waals surface area contributed by atoms with Gasteiger partial charge in [-0.15, -0.1) is 0 Å². The average Bonchev–Trinajstić information content (AvgIpc) is 3.13. The van der Waals surface area contributed by atoms with E-state index >= 15 is 0 Å². The third kappa shape index (κ3) is 4.69. The summed E-state index contributed by atoms with van der Waals surface area (Å²) in [6.07, 6.45) is 0. The second kappa shape index (κ2) is 8.63. The molecule has 0 radical (unpaired) electrons. The summed E-state index contributed by atoms with van der Waals surface area (Å²) in [4.78, 5) is 16.8. The molecule has 9 heteroatoms. The van der Waals surface area contributed by atoms with Crippen LogP contribution in [0.5, 0.6) is 0 Å². The lowest BCUT2D eigenvalue weighted by atomic mass is 10.1. The van der Waals surface area contributed by atoms with Crippen LogP contribution >= 0.6 is 35.4 Å². The summed E-state index contributed by atoms with van der Waals surface area (Å²) in [6, 6.07) is 14.3. The molecule has 0 fully saturated rings. The van der Waals surface area contributed by atoms with Gasteiger partial charge in [-0.25, -0.2) is 9.37 Å². The number of oxazole rings is 1. The highest BCUT2D eigenvalue weighted by Crippen LogP contribution is 2.29. The molecule has 1 heterocycles. The number of rotatable bonds is 3. The largest absolute Gasteiger partial charge is 0.436 e. The maximum absolute atomic E-state index is 13.2. The molecular weight excluding hydrogens is 460 g/mol. The van der Waals surface area contributed by atoms with Gasteiger partial charge in [-0.3, -0.25) is 10.1 Å². The molecule has 0 aliphatic carbocycles. The molecule has 156 valence electrons. The van der Waals surface area contributed by atoms with Crippen molar-refractivity contribution in [3.05, 3.63) is 81.6 Å². The van der Waals surface area contributed by atoms with Gasteiger partial charge >= 0.3 is 0 Å². The van der Waals surface area contributed by atoms with Gasteiger partial charge < -0.3 is 9.73 Å². The Balaban J connectivity index is 1.50. The van der Waals surface area contributed by atoms with Crippen LogP contribution in [-0.4, -0.2) is 16.0 Å². The fraction of sp³-hybridized carbons (Fsp3) is 0.0455. The zero-order chi connectivity index (χ0) is 22.1. The first-order valence-corrected chi connectivity index (χ1v) is 10.2. The van der Waals surface area contributed by atoms with E-state index in [1.165, 1.54) is 6.07 Å². The number of carbonyl (C=O) groups excluding carboxylic acids is 1. The van der Waals surface area contributed by atoms with Crippen LogP contribution in [0.15, 0.2) is 59.0 Å². The van der Waals surface area contributed by atoms with Gasteiger partial charge in [0.2, 0.25) is 5.89 Å². The zero-order valence-electron chi connectivity index (χ0n) is 16.0. The Morgan fingerprint density at radius 1 is 1.06 bits per heavy atom. The predicted octanol–water partition coefficient (Wildman–Crippen LogP) is 6.38. The first-order chi connectivity index (χ1) is 14.8. The van der Waals surface area contributed by atoms with E-state index in [-0.39, 0.29) is 15.7 Å². The van der Waals surface area contributed by atoms with Gasteiger partial charge in [-0.1, -0.05) is 29.3 Å². The first kappa shape index (κ1) is 21.2. The Kier molecular flexibility index (Phi) is 5.91. The summed E-state index contributed by atoms with van der Waals surface area (Å²) in [5, 5.41) is 6.10. The number of nitrogens with one attached hydrogen (secondary N) is 2. The summed E-state index contributed by atoms with van der Waals surface area (Å²) >= 11 is 17.3. The smallest absolute Gasteiger partial charge is 0.258 e. The molecule has 0 aliphatic rings. The van der Waals surface area contributed by atoms with Crippen LogP contribution in [0.2, 0.25) is 10.0 Å². The Labute approximate surface area is 192 Å². The molecular formula is C22H14Cl2FN3O2S. The second-order valence-electron chi connectivity index (χ2n) is 6.70. The van der Waals surface area contributed by atoms with Gasteiger partial charge in [0.25, 0.3) is 5.91 Å². The van der Waals surface area contributed by atoms with E-state index in [0.29, 0.717) is 27.7 Å². The summed E-state index contributed by atoms with van der Waals surface area (Å²) in [5.74, 6) is -0.644. The van der Waals surface area contributed by atoms with Crippen molar-refractivity contribution in [2.24, 2.45) is 0 Å². The number of aromatic nitrogens is 1. The quantitative estimate of drug-likeness (QED) is 0.338. The Bertz CT molecular complexity index is 1340. The zero-order valence-corrected chi connectivity index (χ0v) is 18.3. The summed E-state index contributed by atoms with van der Waals surface area (Å²) in [5.41, 5.74) is 3.63. The van der Waals surface area contributed by atoms with Crippen molar-refractivity contribution in [3.8, 4) is 11.5 Å². The van der Waals surface area contributed by atoms with Crippen molar-refractivity contribution in [2.45, 2.75) is 6.92 Å². The van der Waals surface area contributed by atoms with E-state index < -0.39 is 11.7 Å². The molecule has 0 saturated heterocycles. The number of aryl methyl sites for hydroxylation is 1. The van der Waals surface area contributed by atoms with E-state index in [2.05, 4.69) is 15.6 Å². The highest BCUT2D eigenvalue weighted by molar-refractivity contribution is 7.80. The molecule has 0 aliphatic heterocycles. The van der Waals surface area contributed by atoms with Crippen molar-refractivity contribution in [2.75, 3.05) is 5.32 Å². The van der Waals surface area contributed by atoms with Crippen molar-refractivity contribution in [3.63, 3.8) is 0 Å². The molecule has 31 heavy (non-hydrogen) atoms. The summed E-state index contributed by atoms with van der Waals surface area (Å²) < 4.78 is 19.0. The highest BCUT2D eigenvalue weighted by atomic mass is 35.5. The second-order valence-corrected chi connectivity index (χ2v) is 7.92. The minimum Gasteiger partial charge on any atom is -0.436 e. The normalized spacial score (nSPS) is 10.8. The number of nitrogens with zero attached hydrogens (tertiary/aromatic N) is 1. The van der Waals surface area contributed by atoms with E-state index in [9.17, 15) is 9.18 Å². The SMILES string of the molecule is Cc1ccc(-c2nc3cc(NC(=S)NC(=O)c4ccc(F)cc4Cl)ccc3o2)cc1Cl. The molecule has 3 aromatic carbocycles. The van der Waals surface area contributed by atoms with Crippen LogP contribution < -0.4 is 10.6 Å². The number of fused-ring (bicyclic) bond motifs is 1. The standard InChI is InChI=1S/C22H14Cl2FN3O2S/c1-11-2-3-12(8-16(11)23)21-27-18-10-14(5-7-19(18)30-21)26-22(31)28-20(29)15-6-4-13(25)9-17(15)24/h2-10H,1H3,(H2,26,28,29,31). The van der Waals surface area contributed by atoms with Gasteiger partial charge in [-0.2, -0.15) is 0 Å². The lowest BCUT2D eigenvalue weighted by molar-refractivity contribution is 0.0978. The molecule has 0 bridgehead atoms. The minimum atomic E-state index is -0.552. The molecule has 1 aromatic heterocycles. The lowest BCUT2D eigenvalue weighted by Gasteiger charge is -2.10. The average molecular weight is 474 g/mol. The number of benzene rings is 3. The highest BCUT2D eigenvalue weighted by Gasteiger charge is 2.14. The van der Waals surface area contributed by atoms with Crippen LogP contribution in [0.25, 0.3) is 22.6 Å². The Hall–Kier alpha value is -3.00. The lowest BCUT2D eigenvalue weighted by Crippen LogP contribution is -2.34. The number of amides is 1. The number of thiocarbonyl (C=S) groups is 1. The van der Waals surface area contributed by atoms with Gasteiger partial charge in [0.1, 0.15) is 11.3 Å². The molecule has 4 aromatic rings. The van der Waals surface area contributed by atoms with E-state index in [4.69, 9.17) is 39.8 Å². The summed E-state index contributed by atoms with van der Waals surface area (Å²) in [7, 11) is 0. The van der Waals surface area contributed by atoms with E-state index in [1.807, 2.05) is 19.1 Å². The molecule has 0 spiro atoms. The molecule has 2 N–H and O–H groups in total. The van der Waals surface area contributed by atoms with Crippen LogP contribution in [0.4, 0.5) is 10.1 Å². The molecule has 0 unspecified atom stereocenters. The monoisotopic (exact) mass is 473 g/mol. The van der Waals surface area contributed by atoms with Crippen LogP contribution in [0, 0.1) is 12.7 Å². The van der Waals surface area contributed by atoms with Crippen molar-refractivity contribution in [1.29, 1.82) is 0 Å². The maximum Gasteiger partial charge on any atom is 0.258 e. The van der Waals surface area contributed by atoms with Crippen molar-refractivity contribution in [1.82, 2.24) is 10.3 Å². The topological polar surface area (TPSA) is 67.2 Å². The van der Waals surface area contributed by atoms with E-state index in [0.717, 1.165) is 23.3 Å². The molecule has 5 nitrogen and oxygen atoms in total. The molecule has 0 atom stereocenters. The number of hydrogen-bond donors (Lipinski definition) is 2. The Morgan fingerprint density at radius 3 is 2.61 bits per heavy atom.